The van der Waals surface area contributed by atoms with E-state index in [4.69, 9.17) is 36.1 Å². The molecule has 0 aromatic heterocycles. The van der Waals surface area contributed by atoms with Gasteiger partial charge >= 0.3 is 183 Å². The van der Waals surface area contributed by atoms with Crippen molar-refractivity contribution in [1.82, 2.24) is 0 Å². The molecule has 0 rings (SSSR count). The molecule has 0 bridgehead atoms. The first kappa shape index (κ1) is 41.7. The molecule has 0 saturated carbocycles. The predicted octanol–water partition coefficient (Wildman–Crippen LogP) is -15.5. The molecule has 0 aliphatic heterocycles. The van der Waals surface area contributed by atoms with Crippen molar-refractivity contribution in [3.05, 3.63) is 10.1 Å². The van der Waals surface area contributed by atoms with Gasteiger partial charge in [-0.25, -0.2) is 0 Å². The van der Waals surface area contributed by atoms with E-state index in [2.05, 4.69) is 0 Å². The number of rotatable bonds is 5. The Labute approximate surface area is 268 Å². The molecular formula is C6H7K3MnNO14. The number of hydrogen-bond donors (Lipinski definition) is 3. The zero-order valence-corrected chi connectivity index (χ0v) is 23.6. The number of carboxylic acid groups (broad SMARTS) is 3. The van der Waals surface area contributed by atoms with Gasteiger partial charge in [0.05, 0.1) is 5.97 Å². The van der Waals surface area contributed by atoms with E-state index in [0.717, 1.165) is 0 Å². The monoisotopic (exact) mass is 489 g/mol. The van der Waals surface area contributed by atoms with Crippen LogP contribution in [0.25, 0.3) is 0 Å². The number of hydrogen-bond acceptors (Lipinski definition) is 12. The number of carbonyl (C=O) groups excluding carboxylic acids is 3. The summed E-state index contributed by atoms with van der Waals surface area (Å²) < 4.78 is 33.1. The molecule has 0 atom stereocenters. The average Bonchev–Trinajstić information content (AvgIpc) is 2.09. The molecule has 3 N–H and O–H groups in total. The van der Waals surface area contributed by atoms with Crippen LogP contribution in [-0.4, -0.2) is 43.1 Å². The molecule has 0 fully saturated rings. The number of carbonyl (C=O) groups is 3. The van der Waals surface area contributed by atoms with Crippen molar-refractivity contribution in [3.8, 4) is 0 Å². The third-order valence-corrected chi connectivity index (χ3v) is 1.25. The van der Waals surface area contributed by atoms with Crippen LogP contribution in [0.2, 0.25) is 0 Å². The summed E-state index contributed by atoms with van der Waals surface area (Å²) in [6, 6.07) is 0. The van der Waals surface area contributed by atoms with E-state index in [1.165, 1.54) is 0 Å². The molecule has 0 aliphatic rings. The fourth-order valence-corrected chi connectivity index (χ4v) is 0.684. The minimum atomic E-state index is -5.38. The Morgan fingerprint density at radius 2 is 1.08 bits per heavy atom. The van der Waals surface area contributed by atoms with E-state index in [9.17, 15) is 29.7 Å². The van der Waals surface area contributed by atoms with Crippen LogP contribution in [0.5, 0.6) is 0 Å². The number of nitrogens with zero attached hydrogens (tertiary/aromatic N) is 1. The molecule has 0 aromatic rings. The molecule has 0 aromatic carbocycles. The molecule has 0 spiro atoms. The standard InChI is InChI=1S/C6H8O7.3K.Mn.HNO3.H2O.3O/c7-3(8)1-6(13,5(11)12)2-4(9)10;;;;;2-1(3)4;;;;/h13H,1-2H2,(H,7,8)(H,9,10)(H,11,12);;;;;(H,2,3,4);1H2;;;/q;4*+1;;;;;/p-4. The van der Waals surface area contributed by atoms with Gasteiger partial charge in [-0.05, 0) is 0 Å². The van der Waals surface area contributed by atoms with Gasteiger partial charge in [0.2, 0.25) is 0 Å². The van der Waals surface area contributed by atoms with Crippen LogP contribution < -0.4 is 169 Å². The first-order valence-corrected chi connectivity index (χ1v) is 6.28. The van der Waals surface area contributed by atoms with Gasteiger partial charge in [-0.3, -0.25) is 0 Å². The Bertz CT molecular complexity index is 548. The third-order valence-electron chi connectivity index (χ3n) is 1.25. The van der Waals surface area contributed by atoms with Gasteiger partial charge in [0.15, 0.2) is 0 Å². The Morgan fingerprint density at radius 1 is 0.920 bits per heavy atom. The van der Waals surface area contributed by atoms with Crippen LogP contribution in [0.15, 0.2) is 0 Å². The summed E-state index contributed by atoms with van der Waals surface area (Å²) in [4.78, 5) is 38.4. The summed E-state index contributed by atoms with van der Waals surface area (Å²) >= 11 is -5.38. The normalized spacial score (nSPS) is 8.88. The molecule has 0 radical (unpaired) electrons. The van der Waals surface area contributed by atoms with Gasteiger partial charge in [-0.1, -0.05) is 0 Å². The summed E-state index contributed by atoms with van der Waals surface area (Å²) in [7, 11) is 0. The average molecular weight is 489 g/mol. The summed E-state index contributed by atoms with van der Waals surface area (Å²) in [6.07, 6.45) is -2.72. The van der Waals surface area contributed by atoms with Crippen LogP contribution in [-0.2, 0) is 38.9 Å². The maximum atomic E-state index is 10.1. The van der Waals surface area contributed by atoms with Crippen molar-refractivity contribution in [3.63, 3.8) is 0 Å². The molecule has 0 aliphatic carbocycles. The Hall–Kier alpha value is 2.36. The van der Waals surface area contributed by atoms with E-state index in [0.29, 0.717) is 0 Å². The van der Waals surface area contributed by atoms with Gasteiger partial charge in [0, 0.05) is 24.8 Å². The van der Waals surface area contributed by atoms with Crippen LogP contribution in [0.3, 0.4) is 0 Å². The van der Waals surface area contributed by atoms with Gasteiger partial charge in [-0.15, -0.1) is 10.1 Å². The summed E-state index contributed by atoms with van der Waals surface area (Å²) in [6.45, 7) is 0. The second-order valence-electron chi connectivity index (χ2n) is 3.05. The molecule has 25 heavy (non-hydrogen) atoms. The van der Waals surface area contributed by atoms with Crippen LogP contribution in [0.4, 0.5) is 0 Å². The molecule has 0 saturated heterocycles. The molecule has 19 heteroatoms. The van der Waals surface area contributed by atoms with E-state index < -0.39 is 54.4 Å². The van der Waals surface area contributed by atoms with Crippen molar-refractivity contribution in [2.45, 2.75) is 18.4 Å². The Kier molecular flexibility index (Phi) is 35.1. The molecule has 130 valence electrons. The zero-order valence-electron chi connectivity index (χ0n) is 13.1. The molecule has 15 nitrogen and oxygen atoms in total. The van der Waals surface area contributed by atoms with Gasteiger partial charge in [-0.2, -0.15) is 0 Å². The second kappa shape index (κ2) is 21.1. The fraction of sp³-hybridized carbons (Fsp3) is 0.500. The van der Waals surface area contributed by atoms with Gasteiger partial charge in [0.25, 0.3) is 5.09 Å². The predicted molar refractivity (Wildman–Crippen MR) is 42.3 cm³/mol. The topological polar surface area (TPSA) is 275 Å². The molecule has 0 amide bonds. The Morgan fingerprint density at radius 3 is 1.16 bits per heavy atom. The fourth-order valence-electron chi connectivity index (χ4n) is 0.684. The zero-order chi connectivity index (χ0) is 18.7. The van der Waals surface area contributed by atoms with Crippen LogP contribution in [0.1, 0.15) is 12.8 Å². The van der Waals surface area contributed by atoms with Gasteiger partial charge in [0.1, 0.15) is 5.60 Å². The first-order chi connectivity index (χ1) is 9.51. The van der Waals surface area contributed by atoms with Crippen molar-refractivity contribution >= 4 is 17.9 Å². The first-order valence-electron chi connectivity index (χ1n) is 4.31. The van der Waals surface area contributed by atoms with E-state index in [1.54, 1.807) is 0 Å². The van der Waals surface area contributed by atoms with Crippen molar-refractivity contribution < 1.29 is 228 Å². The van der Waals surface area contributed by atoms with Crippen LogP contribution in [0, 0.1) is 10.1 Å². The number of aliphatic carboxylic acids is 3. The van der Waals surface area contributed by atoms with Gasteiger partial charge < -0.3 is 40.0 Å². The van der Waals surface area contributed by atoms with Crippen molar-refractivity contribution in [2.24, 2.45) is 0 Å². The van der Waals surface area contributed by atoms with E-state index in [1.807, 2.05) is 0 Å². The SMILES string of the molecule is O=C([O-])CC(O)(CC(=O)[O-])C(=O)[O-].O=[N+]([O-])O.[K+].[K+].[K+].[O]=[Mn](=[O])(=[O])[OH]. The summed E-state index contributed by atoms with van der Waals surface area (Å²) in [5.74, 6) is -5.98. The summed E-state index contributed by atoms with van der Waals surface area (Å²) in [5.41, 5.74) is -2.97. The van der Waals surface area contributed by atoms with Crippen molar-refractivity contribution in [1.29, 1.82) is 0 Å². The summed E-state index contributed by atoms with van der Waals surface area (Å²) in [5, 5.41) is 52.6. The number of carboxylic acids is 3. The number of aliphatic hydroxyl groups is 1. The van der Waals surface area contributed by atoms with E-state index in [-0.39, 0.29) is 154 Å². The second-order valence-corrected chi connectivity index (χ2v) is 4.29. The van der Waals surface area contributed by atoms with Crippen LogP contribution >= 0.6 is 0 Å². The van der Waals surface area contributed by atoms with Crippen molar-refractivity contribution in [2.75, 3.05) is 0 Å². The Balaban J connectivity index is -0.0000000638. The third kappa shape index (κ3) is 46.4. The van der Waals surface area contributed by atoms with E-state index >= 15 is 0 Å². The quantitative estimate of drug-likeness (QED) is 0.184. The molecular weight excluding hydrogens is 482 g/mol. The molecule has 0 heterocycles. The maximum absolute atomic E-state index is 10.1. The minimum absolute atomic E-state index is 0. The molecule has 0 unspecified atom stereocenters.